The number of aliphatic hydroxyl groups is 1. The fourth-order valence-electron chi connectivity index (χ4n) is 1.67. The molecule has 6 heteroatoms. The molecule has 1 fully saturated rings. The van der Waals surface area contributed by atoms with Crippen LogP contribution < -0.4 is 5.32 Å². The number of aliphatic hydroxyl groups excluding tert-OH is 1. The summed E-state index contributed by atoms with van der Waals surface area (Å²) in [6.07, 6.45) is -0.700. The first-order chi connectivity index (χ1) is 7.54. The van der Waals surface area contributed by atoms with Crippen LogP contribution in [-0.4, -0.2) is 60.3 Å². The minimum absolute atomic E-state index is 0.0238. The highest BCUT2D eigenvalue weighted by Crippen LogP contribution is 2.10. The van der Waals surface area contributed by atoms with Gasteiger partial charge in [0.05, 0.1) is 12.1 Å². The first kappa shape index (κ1) is 12.9. The standard InChI is InChI=1S/C10H18N2O4/c1-3-16-6-10(15)12-4-8(9(14)5-12)11-7(2)13/h8-9,14H,3-6H2,1-2H3,(H,11,13)/t8-,9-/m1/s1. The number of hydrogen-bond acceptors (Lipinski definition) is 4. The highest BCUT2D eigenvalue weighted by Gasteiger charge is 2.34. The van der Waals surface area contributed by atoms with E-state index in [1.807, 2.05) is 6.92 Å². The third kappa shape index (κ3) is 3.46. The number of ether oxygens (including phenoxy) is 1. The molecule has 0 aromatic rings. The summed E-state index contributed by atoms with van der Waals surface area (Å²) in [6, 6.07) is -0.372. The predicted molar refractivity (Wildman–Crippen MR) is 56.7 cm³/mol. The topological polar surface area (TPSA) is 78.9 Å². The van der Waals surface area contributed by atoms with E-state index in [1.54, 1.807) is 0 Å². The molecule has 1 aliphatic heterocycles. The Hall–Kier alpha value is -1.14. The molecule has 16 heavy (non-hydrogen) atoms. The number of amides is 2. The predicted octanol–water partition coefficient (Wildman–Crippen LogP) is -1.27. The van der Waals surface area contributed by atoms with Gasteiger partial charge >= 0.3 is 0 Å². The van der Waals surface area contributed by atoms with Gasteiger partial charge in [0.1, 0.15) is 6.61 Å². The maximum Gasteiger partial charge on any atom is 0.248 e. The van der Waals surface area contributed by atoms with Crippen molar-refractivity contribution in [1.82, 2.24) is 10.2 Å². The van der Waals surface area contributed by atoms with Crippen LogP contribution in [0.4, 0.5) is 0 Å². The van der Waals surface area contributed by atoms with Gasteiger partial charge in [-0.05, 0) is 6.92 Å². The van der Waals surface area contributed by atoms with Crippen molar-refractivity contribution in [3.63, 3.8) is 0 Å². The fourth-order valence-corrected chi connectivity index (χ4v) is 1.67. The van der Waals surface area contributed by atoms with Gasteiger partial charge in [0.2, 0.25) is 11.8 Å². The van der Waals surface area contributed by atoms with Crippen molar-refractivity contribution in [3.05, 3.63) is 0 Å². The Balaban J connectivity index is 2.42. The second-order valence-corrected chi connectivity index (χ2v) is 3.81. The van der Waals surface area contributed by atoms with Gasteiger partial charge in [-0.1, -0.05) is 0 Å². The number of carbonyl (C=O) groups is 2. The number of β-amino-alcohol motifs (C(OH)–C–C–N with tert-alkyl or cyclic N) is 1. The Morgan fingerprint density at radius 3 is 2.75 bits per heavy atom. The van der Waals surface area contributed by atoms with Crippen molar-refractivity contribution in [2.75, 3.05) is 26.3 Å². The third-order valence-corrected chi connectivity index (χ3v) is 2.46. The second kappa shape index (κ2) is 5.81. The van der Waals surface area contributed by atoms with Crippen LogP contribution in [0.1, 0.15) is 13.8 Å². The fraction of sp³-hybridized carbons (Fsp3) is 0.800. The minimum atomic E-state index is -0.700. The van der Waals surface area contributed by atoms with E-state index in [0.29, 0.717) is 13.2 Å². The lowest BCUT2D eigenvalue weighted by Crippen LogP contribution is -2.42. The van der Waals surface area contributed by atoms with Crippen LogP contribution in [0.25, 0.3) is 0 Å². The van der Waals surface area contributed by atoms with Crippen molar-refractivity contribution in [1.29, 1.82) is 0 Å². The first-order valence-corrected chi connectivity index (χ1v) is 5.35. The van der Waals surface area contributed by atoms with Gasteiger partial charge in [-0.25, -0.2) is 0 Å². The Labute approximate surface area is 94.6 Å². The largest absolute Gasteiger partial charge is 0.389 e. The van der Waals surface area contributed by atoms with Crippen molar-refractivity contribution < 1.29 is 19.4 Å². The van der Waals surface area contributed by atoms with Crippen LogP contribution in [-0.2, 0) is 14.3 Å². The molecule has 0 aliphatic carbocycles. The quantitative estimate of drug-likeness (QED) is 0.631. The molecule has 0 bridgehead atoms. The van der Waals surface area contributed by atoms with E-state index in [0.717, 1.165) is 0 Å². The molecule has 0 spiro atoms. The Morgan fingerprint density at radius 2 is 2.19 bits per heavy atom. The molecule has 2 atom stereocenters. The summed E-state index contributed by atoms with van der Waals surface area (Å²) in [4.78, 5) is 23.9. The molecule has 1 aliphatic rings. The summed E-state index contributed by atoms with van der Waals surface area (Å²) in [5, 5.41) is 12.2. The summed E-state index contributed by atoms with van der Waals surface area (Å²) in [5.41, 5.74) is 0. The average molecular weight is 230 g/mol. The van der Waals surface area contributed by atoms with Crippen LogP contribution in [0.5, 0.6) is 0 Å². The van der Waals surface area contributed by atoms with E-state index in [-0.39, 0.29) is 31.0 Å². The van der Waals surface area contributed by atoms with E-state index >= 15 is 0 Å². The summed E-state index contributed by atoms with van der Waals surface area (Å²) < 4.78 is 5.00. The van der Waals surface area contributed by atoms with Gasteiger partial charge < -0.3 is 20.1 Å². The monoisotopic (exact) mass is 230 g/mol. The maximum atomic E-state index is 11.6. The molecule has 1 heterocycles. The zero-order chi connectivity index (χ0) is 12.1. The van der Waals surface area contributed by atoms with Crippen molar-refractivity contribution in [3.8, 4) is 0 Å². The number of likely N-dealkylation sites (tertiary alicyclic amines) is 1. The van der Waals surface area contributed by atoms with E-state index in [9.17, 15) is 14.7 Å². The molecule has 0 unspecified atom stereocenters. The van der Waals surface area contributed by atoms with Gasteiger partial charge in [0.25, 0.3) is 0 Å². The Kier molecular flexibility index (Phi) is 4.70. The number of nitrogens with one attached hydrogen (secondary N) is 1. The molecule has 6 nitrogen and oxygen atoms in total. The van der Waals surface area contributed by atoms with Gasteiger partial charge in [0.15, 0.2) is 0 Å². The van der Waals surface area contributed by atoms with Crippen molar-refractivity contribution in [2.45, 2.75) is 26.0 Å². The lowest BCUT2D eigenvalue weighted by molar-refractivity contribution is -0.135. The van der Waals surface area contributed by atoms with Gasteiger partial charge in [-0.15, -0.1) is 0 Å². The van der Waals surface area contributed by atoms with E-state index in [4.69, 9.17) is 4.74 Å². The Bertz CT molecular complexity index is 270. The highest BCUT2D eigenvalue weighted by molar-refractivity contribution is 5.78. The summed E-state index contributed by atoms with van der Waals surface area (Å²) in [6.45, 7) is 4.29. The highest BCUT2D eigenvalue weighted by atomic mass is 16.5. The van der Waals surface area contributed by atoms with Crippen LogP contribution in [0, 0.1) is 0 Å². The van der Waals surface area contributed by atoms with Crippen LogP contribution in [0.2, 0.25) is 0 Å². The number of nitrogens with zero attached hydrogens (tertiary/aromatic N) is 1. The Morgan fingerprint density at radius 1 is 1.50 bits per heavy atom. The first-order valence-electron chi connectivity index (χ1n) is 5.35. The second-order valence-electron chi connectivity index (χ2n) is 3.81. The summed E-state index contributed by atoms with van der Waals surface area (Å²) in [7, 11) is 0. The molecular formula is C10H18N2O4. The summed E-state index contributed by atoms with van der Waals surface area (Å²) >= 11 is 0. The van der Waals surface area contributed by atoms with E-state index in [1.165, 1.54) is 11.8 Å². The van der Waals surface area contributed by atoms with Crippen LogP contribution >= 0.6 is 0 Å². The van der Waals surface area contributed by atoms with Gasteiger partial charge in [-0.2, -0.15) is 0 Å². The lowest BCUT2D eigenvalue weighted by Gasteiger charge is -2.16. The smallest absolute Gasteiger partial charge is 0.248 e. The summed E-state index contributed by atoms with van der Waals surface area (Å²) in [5.74, 6) is -0.364. The van der Waals surface area contributed by atoms with Crippen LogP contribution in [0.3, 0.4) is 0 Å². The minimum Gasteiger partial charge on any atom is -0.389 e. The van der Waals surface area contributed by atoms with Crippen molar-refractivity contribution >= 4 is 11.8 Å². The molecule has 0 aromatic carbocycles. The molecule has 2 N–H and O–H groups in total. The molecule has 2 amide bonds. The van der Waals surface area contributed by atoms with Gasteiger partial charge in [0, 0.05) is 26.6 Å². The molecule has 1 rings (SSSR count). The number of carbonyl (C=O) groups excluding carboxylic acids is 2. The number of rotatable bonds is 4. The van der Waals surface area contributed by atoms with E-state index < -0.39 is 6.10 Å². The normalized spacial score (nSPS) is 24.6. The molecule has 1 saturated heterocycles. The molecule has 0 radical (unpaired) electrons. The van der Waals surface area contributed by atoms with Crippen molar-refractivity contribution in [2.24, 2.45) is 0 Å². The van der Waals surface area contributed by atoms with E-state index in [2.05, 4.69) is 5.32 Å². The zero-order valence-electron chi connectivity index (χ0n) is 9.60. The average Bonchev–Trinajstić information content (AvgIpc) is 2.56. The lowest BCUT2D eigenvalue weighted by atomic mass is 10.2. The zero-order valence-corrected chi connectivity index (χ0v) is 9.60. The molecule has 0 aromatic heterocycles. The molecule has 0 saturated carbocycles. The number of hydrogen-bond donors (Lipinski definition) is 2. The van der Waals surface area contributed by atoms with Crippen LogP contribution in [0.15, 0.2) is 0 Å². The van der Waals surface area contributed by atoms with Gasteiger partial charge in [-0.3, -0.25) is 9.59 Å². The SMILES string of the molecule is CCOCC(=O)N1C[C@@H](O)[C@H](NC(C)=O)C1. The molecule has 92 valence electrons. The third-order valence-electron chi connectivity index (χ3n) is 2.46. The maximum absolute atomic E-state index is 11.6. The molecular weight excluding hydrogens is 212 g/mol.